The van der Waals surface area contributed by atoms with Crippen LogP contribution in [0.5, 0.6) is 0 Å². The fraction of sp³-hybridized carbons (Fsp3) is 0.500. The van der Waals surface area contributed by atoms with E-state index in [0.29, 0.717) is 13.0 Å². The van der Waals surface area contributed by atoms with Gasteiger partial charge in [0.15, 0.2) is 0 Å². The Hall–Kier alpha value is -1.88. The third kappa shape index (κ3) is 8.09. The zero-order valence-electron chi connectivity index (χ0n) is 12.9. The van der Waals surface area contributed by atoms with Crippen LogP contribution in [0.1, 0.15) is 39.5 Å². The average molecular weight is 291 g/mol. The highest BCUT2D eigenvalue weighted by molar-refractivity contribution is 5.92. The first-order valence-corrected chi connectivity index (χ1v) is 7.50. The Morgan fingerprint density at radius 3 is 2.14 bits per heavy atom. The third-order valence-electron chi connectivity index (χ3n) is 2.97. The average Bonchev–Trinajstić information content (AvgIpc) is 2.44. The van der Waals surface area contributed by atoms with Crippen molar-refractivity contribution in [2.45, 2.75) is 39.5 Å². The maximum atomic E-state index is 11.7. The molecule has 0 spiro atoms. The molecule has 0 heterocycles. The third-order valence-corrected chi connectivity index (χ3v) is 2.97. The molecule has 0 unspecified atom stereocenters. The summed E-state index contributed by atoms with van der Waals surface area (Å²) in [7, 11) is 0. The van der Waals surface area contributed by atoms with Gasteiger partial charge >= 0.3 is 0 Å². The van der Waals surface area contributed by atoms with E-state index in [1.165, 1.54) is 19.8 Å². The van der Waals surface area contributed by atoms with Crippen molar-refractivity contribution in [3.05, 3.63) is 24.3 Å². The molecule has 0 saturated carbocycles. The number of carbonyl (C=O) groups is 2. The topological polar surface area (TPSA) is 70.2 Å². The molecule has 0 aliphatic rings. The lowest BCUT2D eigenvalue weighted by Crippen LogP contribution is -2.22. The minimum absolute atomic E-state index is 0.00901. The van der Waals surface area contributed by atoms with Gasteiger partial charge in [-0.2, -0.15) is 0 Å². The zero-order chi connectivity index (χ0) is 15.5. The normalized spacial score (nSPS) is 10.2. The van der Waals surface area contributed by atoms with Crippen molar-refractivity contribution in [1.82, 2.24) is 5.32 Å². The van der Waals surface area contributed by atoms with Crippen molar-refractivity contribution >= 4 is 23.2 Å². The number of anilines is 2. The van der Waals surface area contributed by atoms with Crippen LogP contribution in [0.4, 0.5) is 11.4 Å². The van der Waals surface area contributed by atoms with Gasteiger partial charge in [-0.25, -0.2) is 0 Å². The van der Waals surface area contributed by atoms with E-state index >= 15 is 0 Å². The maximum absolute atomic E-state index is 11.7. The number of carbonyl (C=O) groups excluding carboxylic acids is 2. The molecule has 5 nitrogen and oxygen atoms in total. The van der Waals surface area contributed by atoms with Gasteiger partial charge in [-0.1, -0.05) is 19.8 Å². The Bertz CT molecular complexity index is 443. The Kier molecular flexibility index (Phi) is 8.12. The van der Waals surface area contributed by atoms with Crippen LogP contribution in [0, 0.1) is 0 Å². The minimum Gasteiger partial charge on any atom is -0.326 e. The molecule has 1 rings (SSSR count). The van der Waals surface area contributed by atoms with Crippen molar-refractivity contribution in [3.8, 4) is 0 Å². The van der Waals surface area contributed by atoms with E-state index in [1.807, 2.05) is 0 Å². The standard InChI is InChI=1S/C16H25N3O2/c1-3-4-5-11-17-12-10-16(21)19-15-8-6-14(7-9-15)18-13(2)20/h6-9,17H,3-5,10-12H2,1-2H3,(H,18,20)(H,19,21). The molecule has 3 N–H and O–H groups in total. The molecule has 1 aromatic carbocycles. The van der Waals surface area contributed by atoms with Crippen LogP contribution in [-0.2, 0) is 9.59 Å². The van der Waals surface area contributed by atoms with Crippen molar-refractivity contribution < 1.29 is 9.59 Å². The second-order valence-corrected chi connectivity index (χ2v) is 5.01. The lowest BCUT2D eigenvalue weighted by Gasteiger charge is -2.07. The molecule has 0 aliphatic heterocycles. The predicted octanol–water partition coefficient (Wildman–Crippen LogP) is 2.75. The van der Waals surface area contributed by atoms with Crippen LogP contribution in [0.15, 0.2) is 24.3 Å². The lowest BCUT2D eigenvalue weighted by atomic mass is 10.2. The summed E-state index contributed by atoms with van der Waals surface area (Å²) < 4.78 is 0. The highest BCUT2D eigenvalue weighted by Crippen LogP contribution is 2.13. The number of benzene rings is 1. The number of unbranched alkanes of at least 4 members (excludes halogenated alkanes) is 2. The second kappa shape index (κ2) is 9.94. The lowest BCUT2D eigenvalue weighted by molar-refractivity contribution is -0.116. The molecule has 0 aliphatic carbocycles. The van der Waals surface area contributed by atoms with Gasteiger partial charge in [0.1, 0.15) is 0 Å². The molecule has 0 radical (unpaired) electrons. The van der Waals surface area contributed by atoms with Crippen LogP contribution in [0.3, 0.4) is 0 Å². The van der Waals surface area contributed by atoms with E-state index < -0.39 is 0 Å². The molecule has 0 aromatic heterocycles. The van der Waals surface area contributed by atoms with Gasteiger partial charge < -0.3 is 16.0 Å². The first-order chi connectivity index (χ1) is 10.1. The van der Waals surface area contributed by atoms with Crippen LogP contribution < -0.4 is 16.0 Å². The summed E-state index contributed by atoms with van der Waals surface area (Å²) in [4.78, 5) is 22.6. The molecule has 116 valence electrons. The molecular formula is C16H25N3O2. The Morgan fingerprint density at radius 1 is 0.952 bits per heavy atom. The minimum atomic E-state index is -0.110. The summed E-state index contributed by atoms with van der Waals surface area (Å²) in [5, 5.41) is 8.77. The number of amides is 2. The Labute approximate surface area is 126 Å². The highest BCUT2D eigenvalue weighted by Gasteiger charge is 2.02. The van der Waals surface area contributed by atoms with Gasteiger partial charge in [-0.15, -0.1) is 0 Å². The van der Waals surface area contributed by atoms with Crippen LogP contribution in [-0.4, -0.2) is 24.9 Å². The van der Waals surface area contributed by atoms with Gasteiger partial charge in [0.25, 0.3) is 0 Å². The summed E-state index contributed by atoms with van der Waals surface area (Å²) in [6, 6.07) is 7.08. The van der Waals surface area contributed by atoms with Crippen molar-refractivity contribution in [2.75, 3.05) is 23.7 Å². The predicted molar refractivity (Wildman–Crippen MR) is 86.4 cm³/mol. The van der Waals surface area contributed by atoms with Crippen molar-refractivity contribution in [1.29, 1.82) is 0 Å². The van der Waals surface area contributed by atoms with Crippen LogP contribution in [0.25, 0.3) is 0 Å². The summed E-state index contributed by atoms with van der Waals surface area (Å²) >= 11 is 0. The first kappa shape index (κ1) is 17.2. The number of nitrogens with one attached hydrogen (secondary N) is 3. The summed E-state index contributed by atoms with van der Waals surface area (Å²) in [6.45, 7) is 5.29. The van der Waals surface area contributed by atoms with E-state index in [0.717, 1.165) is 24.3 Å². The van der Waals surface area contributed by atoms with E-state index in [-0.39, 0.29) is 11.8 Å². The Balaban J connectivity index is 2.23. The summed E-state index contributed by atoms with van der Waals surface area (Å²) in [6.07, 6.45) is 4.04. The molecule has 0 saturated heterocycles. The number of hydrogen-bond donors (Lipinski definition) is 3. The maximum Gasteiger partial charge on any atom is 0.225 e. The largest absolute Gasteiger partial charge is 0.326 e. The molecule has 21 heavy (non-hydrogen) atoms. The van der Waals surface area contributed by atoms with Crippen molar-refractivity contribution in [3.63, 3.8) is 0 Å². The van der Waals surface area contributed by atoms with Crippen molar-refractivity contribution in [2.24, 2.45) is 0 Å². The summed E-state index contributed by atoms with van der Waals surface area (Å²) in [5.41, 5.74) is 1.46. The SMILES string of the molecule is CCCCCNCCC(=O)Nc1ccc(NC(C)=O)cc1. The van der Waals surface area contributed by atoms with Crippen LogP contribution >= 0.6 is 0 Å². The fourth-order valence-electron chi connectivity index (χ4n) is 1.89. The second-order valence-electron chi connectivity index (χ2n) is 5.01. The van der Waals surface area contributed by atoms with Gasteiger partial charge in [0, 0.05) is 31.3 Å². The van der Waals surface area contributed by atoms with E-state index in [9.17, 15) is 9.59 Å². The van der Waals surface area contributed by atoms with E-state index in [4.69, 9.17) is 0 Å². The molecule has 0 fully saturated rings. The van der Waals surface area contributed by atoms with Gasteiger partial charge in [-0.3, -0.25) is 9.59 Å². The molecule has 0 atom stereocenters. The Morgan fingerprint density at radius 2 is 1.57 bits per heavy atom. The van der Waals surface area contributed by atoms with E-state index in [2.05, 4.69) is 22.9 Å². The zero-order valence-corrected chi connectivity index (χ0v) is 12.9. The van der Waals surface area contributed by atoms with Gasteiger partial charge in [-0.05, 0) is 37.2 Å². The summed E-state index contributed by atoms with van der Waals surface area (Å²) in [5.74, 6) is -0.119. The smallest absolute Gasteiger partial charge is 0.225 e. The quantitative estimate of drug-likeness (QED) is 0.613. The molecule has 0 bridgehead atoms. The van der Waals surface area contributed by atoms with Gasteiger partial charge in [0.2, 0.25) is 11.8 Å². The van der Waals surface area contributed by atoms with Crippen LogP contribution in [0.2, 0.25) is 0 Å². The number of rotatable bonds is 9. The number of hydrogen-bond acceptors (Lipinski definition) is 3. The molecule has 5 heteroatoms. The fourth-order valence-corrected chi connectivity index (χ4v) is 1.89. The van der Waals surface area contributed by atoms with Gasteiger partial charge in [0.05, 0.1) is 0 Å². The molecule has 1 aromatic rings. The van der Waals surface area contributed by atoms with E-state index in [1.54, 1.807) is 24.3 Å². The monoisotopic (exact) mass is 291 g/mol. The molecular weight excluding hydrogens is 266 g/mol. The first-order valence-electron chi connectivity index (χ1n) is 7.50. The molecule has 2 amide bonds. The highest BCUT2D eigenvalue weighted by atomic mass is 16.2.